The zero-order valence-electron chi connectivity index (χ0n) is 18.0. The van der Waals surface area contributed by atoms with Crippen LogP contribution in [0.3, 0.4) is 0 Å². The molecule has 1 unspecified atom stereocenters. The number of aromatic nitrogens is 1. The molecule has 1 aromatic carbocycles. The zero-order valence-corrected chi connectivity index (χ0v) is 18.8. The van der Waals surface area contributed by atoms with Crippen LogP contribution in [0.1, 0.15) is 12.5 Å². The van der Waals surface area contributed by atoms with Crippen molar-refractivity contribution in [3.8, 4) is 0 Å². The van der Waals surface area contributed by atoms with Crippen molar-refractivity contribution in [3.05, 3.63) is 87.6 Å². The van der Waals surface area contributed by atoms with Crippen molar-refractivity contribution in [3.63, 3.8) is 0 Å². The first-order valence-electron chi connectivity index (χ1n) is 11.0. The number of halogens is 1. The molecule has 164 valence electrons. The average Bonchev–Trinajstić information content (AvgIpc) is 3.30. The fraction of sp³-hybridized carbons (Fsp3) is 0.280. The molecule has 0 spiro atoms. The van der Waals surface area contributed by atoms with Gasteiger partial charge in [0, 0.05) is 56.2 Å². The topological polar surface area (TPSA) is 63.7 Å². The van der Waals surface area contributed by atoms with E-state index < -0.39 is 0 Å². The van der Waals surface area contributed by atoms with Crippen molar-refractivity contribution in [1.82, 2.24) is 9.88 Å². The van der Waals surface area contributed by atoms with Crippen LogP contribution in [0.25, 0.3) is 5.57 Å². The zero-order chi connectivity index (χ0) is 22.1. The Labute approximate surface area is 192 Å². The van der Waals surface area contributed by atoms with Gasteiger partial charge in [-0.3, -0.25) is 9.79 Å². The van der Waals surface area contributed by atoms with E-state index in [4.69, 9.17) is 11.6 Å². The molecule has 2 aromatic rings. The molecule has 5 rings (SSSR count). The SMILES string of the molecule is CCN1CCN(c2ccc(NC3=CC=C(c4cc[nH]c(=O)c4)C4C=CN=C34)cc2Cl)CC1. The molecule has 3 aliphatic rings. The highest BCUT2D eigenvalue weighted by Gasteiger charge is 2.28. The quantitative estimate of drug-likeness (QED) is 0.722. The highest BCUT2D eigenvalue weighted by atomic mass is 35.5. The van der Waals surface area contributed by atoms with Crippen LogP contribution in [0.15, 0.2) is 76.4 Å². The molecule has 0 amide bonds. The van der Waals surface area contributed by atoms with Gasteiger partial charge in [0.05, 0.1) is 22.1 Å². The fourth-order valence-corrected chi connectivity index (χ4v) is 4.84. The van der Waals surface area contributed by atoms with Gasteiger partial charge in [0.25, 0.3) is 0 Å². The third-order valence-corrected chi connectivity index (χ3v) is 6.63. The lowest BCUT2D eigenvalue weighted by Crippen LogP contribution is -2.46. The molecule has 0 bridgehead atoms. The van der Waals surface area contributed by atoms with Crippen LogP contribution >= 0.6 is 11.6 Å². The summed E-state index contributed by atoms with van der Waals surface area (Å²) in [4.78, 5) is 23.8. The number of hydrogen-bond donors (Lipinski definition) is 2. The minimum absolute atomic E-state index is 0.0221. The van der Waals surface area contributed by atoms with Crippen LogP contribution in [0.5, 0.6) is 0 Å². The van der Waals surface area contributed by atoms with Gasteiger partial charge in [0.15, 0.2) is 0 Å². The smallest absolute Gasteiger partial charge is 0.248 e. The molecule has 2 N–H and O–H groups in total. The Morgan fingerprint density at radius 2 is 2.00 bits per heavy atom. The third-order valence-electron chi connectivity index (χ3n) is 6.32. The first-order chi connectivity index (χ1) is 15.6. The van der Waals surface area contributed by atoms with E-state index in [2.05, 4.69) is 56.3 Å². The van der Waals surface area contributed by atoms with Gasteiger partial charge >= 0.3 is 0 Å². The second-order valence-corrected chi connectivity index (χ2v) is 8.60. The first-order valence-corrected chi connectivity index (χ1v) is 11.4. The van der Waals surface area contributed by atoms with Gasteiger partial charge in [-0.15, -0.1) is 0 Å². The molecule has 0 radical (unpaired) electrons. The number of nitrogens with zero attached hydrogens (tertiary/aromatic N) is 3. The Bertz CT molecular complexity index is 1200. The van der Waals surface area contributed by atoms with Crippen molar-refractivity contribution < 1.29 is 0 Å². The van der Waals surface area contributed by atoms with Gasteiger partial charge in [-0.2, -0.15) is 0 Å². The minimum atomic E-state index is -0.109. The number of fused-ring (bicyclic) bond motifs is 1. The molecule has 1 aliphatic carbocycles. The number of likely N-dealkylation sites (N-methyl/N-ethyl adjacent to an activating group) is 1. The highest BCUT2D eigenvalue weighted by molar-refractivity contribution is 6.33. The molecule has 0 saturated carbocycles. The van der Waals surface area contributed by atoms with Crippen LogP contribution in [0.4, 0.5) is 11.4 Å². The second-order valence-electron chi connectivity index (χ2n) is 8.19. The van der Waals surface area contributed by atoms with Crippen LogP contribution in [0, 0.1) is 5.92 Å². The number of benzene rings is 1. The number of hydrogen-bond acceptors (Lipinski definition) is 5. The van der Waals surface area contributed by atoms with E-state index in [0.717, 1.165) is 71.7 Å². The molecule has 2 aliphatic heterocycles. The maximum atomic E-state index is 11.8. The summed E-state index contributed by atoms with van der Waals surface area (Å²) in [5.74, 6) is 0.0221. The van der Waals surface area contributed by atoms with E-state index >= 15 is 0 Å². The van der Waals surface area contributed by atoms with Gasteiger partial charge in [-0.1, -0.05) is 30.7 Å². The van der Waals surface area contributed by atoms with Gasteiger partial charge in [0.1, 0.15) is 0 Å². The summed E-state index contributed by atoms with van der Waals surface area (Å²) >= 11 is 6.68. The Morgan fingerprint density at radius 3 is 2.75 bits per heavy atom. The maximum Gasteiger partial charge on any atom is 0.248 e. The molecule has 1 fully saturated rings. The molecular formula is C25H26ClN5O. The lowest BCUT2D eigenvalue weighted by Gasteiger charge is -2.36. The number of nitrogens with one attached hydrogen (secondary N) is 2. The summed E-state index contributed by atoms with van der Waals surface area (Å²) in [5, 5.41) is 4.24. The number of allylic oxidation sites excluding steroid dienone is 5. The first kappa shape index (κ1) is 20.8. The van der Waals surface area contributed by atoms with E-state index in [-0.39, 0.29) is 11.5 Å². The van der Waals surface area contributed by atoms with Crippen LogP contribution < -0.4 is 15.8 Å². The number of anilines is 2. The molecular weight excluding hydrogens is 422 g/mol. The number of aliphatic imine (C=N–C) groups is 1. The summed E-state index contributed by atoms with van der Waals surface area (Å²) in [6.07, 6.45) is 9.64. The number of rotatable bonds is 5. The van der Waals surface area contributed by atoms with Crippen molar-refractivity contribution in [2.24, 2.45) is 10.9 Å². The monoisotopic (exact) mass is 447 g/mol. The standard InChI is InChI=1S/C25H26ClN5O/c1-2-30-11-13-31(14-12-30)23-6-3-18(16-21(23)26)29-22-5-4-19(20-8-10-28-25(20)22)17-7-9-27-24(32)15-17/h3-10,15-16,20,29H,2,11-14H2,1H3,(H,27,32). The van der Waals surface area contributed by atoms with Crippen LogP contribution in [-0.4, -0.2) is 48.3 Å². The normalized spacial score (nSPS) is 20.5. The number of pyridine rings is 1. The molecule has 1 atom stereocenters. The summed E-state index contributed by atoms with van der Waals surface area (Å²) in [5.41, 5.74) is 5.76. The predicted molar refractivity (Wildman–Crippen MR) is 133 cm³/mol. The summed E-state index contributed by atoms with van der Waals surface area (Å²) in [6, 6.07) is 9.70. The number of aromatic amines is 1. The highest BCUT2D eigenvalue weighted by Crippen LogP contribution is 2.36. The van der Waals surface area contributed by atoms with Crippen molar-refractivity contribution in [2.75, 3.05) is 42.9 Å². The second kappa shape index (κ2) is 8.81. The van der Waals surface area contributed by atoms with Crippen LogP contribution in [-0.2, 0) is 0 Å². The fourth-order valence-electron chi connectivity index (χ4n) is 4.54. The van der Waals surface area contributed by atoms with Crippen LogP contribution in [0.2, 0.25) is 5.02 Å². The van der Waals surface area contributed by atoms with Gasteiger partial charge < -0.3 is 20.1 Å². The van der Waals surface area contributed by atoms with Gasteiger partial charge in [-0.05, 0) is 48.0 Å². The van der Waals surface area contributed by atoms with Crippen molar-refractivity contribution >= 4 is 34.3 Å². The van der Waals surface area contributed by atoms with Gasteiger partial charge in [0.2, 0.25) is 5.56 Å². The van der Waals surface area contributed by atoms with Crippen molar-refractivity contribution in [1.29, 1.82) is 0 Å². The molecule has 7 heteroatoms. The Balaban J connectivity index is 1.36. The molecule has 3 heterocycles. The minimum Gasteiger partial charge on any atom is -0.368 e. The Kier molecular flexibility index (Phi) is 5.72. The van der Waals surface area contributed by atoms with E-state index in [1.807, 2.05) is 24.4 Å². The molecule has 1 aromatic heterocycles. The average molecular weight is 448 g/mol. The van der Waals surface area contributed by atoms with Gasteiger partial charge in [-0.25, -0.2) is 0 Å². The molecule has 32 heavy (non-hydrogen) atoms. The molecule has 1 saturated heterocycles. The van der Waals surface area contributed by atoms with E-state index in [9.17, 15) is 4.79 Å². The lowest BCUT2D eigenvalue weighted by molar-refractivity contribution is 0.271. The summed E-state index contributed by atoms with van der Waals surface area (Å²) in [7, 11) is 0. The maximum absolute atomic E-state index is 11.8. The molecule has 6 nitrogen and oxygen atoms in total. The number of H-pyrrole nitrogens is 1. The van der Waals surface area contributed by atoms with E-state index in [1.165, 1.54) is 0 Å². The Morgan fingerprint density at radius 1 is 1.16 bits per heavy atom. The predicted octanol–water partition coefficient (Wildman–Crippen LogP) is 4.15. The largest absolute Gasteiger partial charge is 0.368 e. The van der Waals surface area contributed by atoms with Crippen molar-refractivity contribution in [2.45, 2.75) is 6.92 Å². The number of piperazine rings is 1. The summed E-state index contributed by atoms with van der Waals surface area (Å²) < 4.78 is 0. The Hall–Kier alpha value is -3.09. The summed E-state index contributed by atoms with van der Waals surface area (Å²) in [6.45, 7) is 7.41. The van der Waals surface area contributed by atoms with E-state index in [1.54, 1.807) is 12.3 Å². The third kappa shape index (κ3) is 4.04. The van der Waals surface area contributed by atoms with E-state index in [0.29, 0.717) is 0 Å². The lowest BCUT2D eigenvalue weighted by atomic mass is 9.85.